The first-order chi connectivity index (χ1) is 5.11. The fourth-order valence-electron chi connectivity index (χ4n) is 1.02. The highest BCUT2D eigenvalue weighted by Crippen LogP contribution is 2.19. The SMILES string of the molecule is C=CC(CC(=O)O)C(C)CC. The monoisotopic (exact) mass is 156 g/mol. The van der Waals surface area contributed by atoms with Crippen LogP contribution in [-0.4, -0.2) is 11.1 Å². The van der Waals surface area contributed by atoms with Crippen molar-refractivity contribution in [2.75, 3.05) is 0 Å². The summed E-state index contributed by atoms with van der Waals surface area (Å²) in [7, 11) is 0. The number of carboxylic acids is 1. The summed E-state index contributed by atoms with van der Waals surface area (Å²) in [6.07, 6.45) is 2.95. The predicted molar refractivity (Wildman–Crippen MR) is 45.4 cm³/mol. The Labute approximate surface area is 67.9 Å². The molecule has 2 nitrogen and oxygen atoms in total. The van der Waals surface area contributed by atoms with Crippen molar-refractivity contribution in [1.82, 2.24) is 0 Å². The van der Waals surface area contributed by atoms with Crippen LogP contribution in [0.5, 0.6) is 0 Å². The molecule has 0 aromatic heterocycles. The molecule has 0 saturated heterocycles. The van der Waals surface area contributed by atoms with Gasteiger partial charge >= 0.3 is 5.97 Å². The van der Waals surface area contributed by atoms with Gasteiger partial charge in [-0.3, -0.25) is 4.79 Å². The van der Waals surface area contributed by atoms with Crippen molar-refractivity contribution in [2.45, 2.75) is 26.7 Å². The van der Waals surface area contributed by atoms with E-state index in [1.165, 1.54) is 0 Å². The van der Waals surface area contributed by atoms with Gasteiger partial charge < -0.3 is 5.11 Å². The van der Waals surface area contributed by atoms with E-state index in [9.17, 15) is 4.79 Å². The predicted octanol–water partition coefficient (Wildman–Crippen LogP) is 2.31. The maximum Gasteiger partial charge on any atom is 0.303 e. The fraction of sp³-hybridized carbons (Fsp3) is 0.667. The number of hydrogen-bond acceptors (Lipinski definition) is 1. The summed E-state index contributed by atoms with van der Waals surface area (Å²) in [5, 5.41) is 8.51. The minimum atomic E-state index is -0.741. The lowest BCUT2D eigenvalue weighted by Gasteiger charge is -2.16. The molecule has 0 spiro atoms. The lowest BCUT2D eigenvalue weighted by molar-refractivity contribution is -0.138. The molecule has 0 aromatic rings. The largest absolute Gasteiger partial charge is 0.481 e. The molecule has 0 heterocycles. The molecule has 2 atom stereocenters. The third kappa shape index (κ3) is 3.81. The van der Waals surface area contributed by atoms with E-state index >= 15 is 0 Å². The first-order valence-corrected chi connectivity index (χ1v) is 3.96. The van der Waals surface area contributed by atoms with Crippen LogP contribution in [0.4, 0.5) is 0 Å². The quantitative estimate of drug-likeness (QED) is 0.620. The third-order valence-corrected chi connectivity index (χ3v) is 2.09. The average molecular weight is 156 g/mol. The van der Waals surface area contributed by atoms with Gasteiger partial charge in [-0.05, 0) is 11.8 Å². The molecule has 2 unspecified atom stereocenters. The van der Waals surface area contributed by atoms with E-state index in [1.807, 2.05) is 0 Å². The summed E-state index contributed by atoms with van der Waals surface area (Å²) >= 11 is 0. The summed E-state index contributed by atoms with van der Waals surface area (Å²) in [5.41, 5.74) is 0. The van der Waals surface area contributed by atoms with Gasteiger partial charge in [-0.25, -0.2) is 0 Å². The molecular weight excluding hydrogens is 140 g/mol. The lowest BCUT2D eigenvalue weighted by atomic mass is 9.89. The Hall–Kier alpha value is -0.790. The van der Waals surface area contributed by atoms with Crippen molar-refractivity contribution in [3.63, 3.8) is 0 Å². The van der Waals surface area contributed by atoms with Crippen molar-refractivity contribution in [3.8, 4) is 0 Å². The van der Waals surface area contributed by atoms with Crippen LogP contribution in [0.1, 0.15) is 26.7 Å². The highest BCUT2D eigenvalue weighted by molar-refractivity contribution is 5.67. The highest BCUT2D eigenvalue weighted by atomic mass is 16.4. The first-order valence-electron chi connectivity index (χ1n) is 3.96. The van der Waals surface area contributed by atoms with Crippen LogP contribution in [-0.2, 0) is 4.79 Å². The smallest absolute Gasteiger partial charge is 0.303 e. The van der Waals surface area contributed by atoms with Crippen LogP contribution in [0.2, 0.25) is 0 Å². The summed E-state index contributed by atoms with van der Waals surface area (Å²) in [6, 6.07) is 0. The van der Waals surface area contributed by atoms with E-state index in [0.717, 1.165) is 6.42 Å². The third-order valence-electron chi connectivity index (χ3n) is 2.09. The van der Waals surface area contributed by atoms with E-state index < -0.39 is 5.97 Å². The van der Waals surface area contributed by atoms with Gasteiger partial charge in [0.15, 0.2) is 0 Å². The topological polar surface area (TPSA) is 37.3 Å². The van der Waals surface area contributed by atoms with Gasteiger partial charge in [0, 0.05) is 0 Å². The van der Waals surface area contributed by atoms with E-state index in [1.54, 1.807) is 6.08 Å². The Kier molecular flexibility index (Phi) is 4.59. The van der Waals surface area contributed by atoms with Gasteiger partial charge in [-0.2, -0.15) is 0 Å². The highest BCUT2D eigenvalue weighted by Gasteiger charge is 2.14. The van der Waals surface area contributed by atoms with Gasteiger partial charge in [0.05, 0.1) is 6.42 Å². The van der Waals surface area contributed by atoms with Gasteiger partial charge in [-0.15, -0.1) is 6.58 Å². The van der Waals surface area contributed by atoms with Crippen molar-refractivity contribution in [3.05, 3.63) is 12.7 Å². The van der Waals surface area contributed by atoms with E-state index in [-0.39, 0.29) is 12.3 Å². The lowest BCUT2D eigenvalue weighted by Crippen LogP contribution is -2.12. The zero-order chi connectivity index (χ0) is 8.85. The maximum absolute atomic E-state index is 10.3. The number of aliphatic carboxylic acids is 1. The Morgan fingerprint density at radius 3 is 2.55 bits per heavy atom. The number of allylic oxidation sites excluding steroid dienone is 1. The van der Waals surface area contributed by atoms with Crippen LogP contribution in [0.25, 0.3) is 0 Å². The Morgan fingerprint density at radius 2 is 2.27 bits per heavy atom. The molecule has 0 aliphatic carbocycles. The summed E-state index contributed by atoms with van der Waals surface area (Å²) in [5.74, 6) is -0.198. The Bertz CT molecular complexity index is 140. The van der Waals surface area contributed by atoms with Crippen molar-refractivity contribution >= 4 is 5.97 Å². The molecule has 0 aliphatic heterocycles. The number of carbonyl (C=O) groups is 1. The second-order valence-corrected chi connectivity index (χ2v) is 2.88. The van der Waals surface area contributed by atoms with Crippen LogP contribution in [0, 0.1) is 11.8 Å². The van der Waals surface area contributed by atoms with E-state index in [4.69, 9.17) is 5.11 Å². The van der Waals surface area contributed by atoms with Crippen molar-refractivity contribution in [1.29, 1.82) is 0 Å². The normalized spacial score (nSPS) is 15.5. The van der Waals surface area contributed by atoms with Crippen molar-refractivity contribution < 1.29 is 9.90 Å². The molecule has 0 amide bonds. The van der Waals surface area contributed by atoms with Gasteiger partial charge in [-0.1, -0.05) is 26.3 Å². The maximum atomic E-state index is 10.3. The molecule has 64 valence electrons. The summed E-state index contributed by atoms with van der Waals surface area (Å²) in [4.78, 5) is 10.3. The molecule has 0 radical (unpaired) electrons. The van der Waals surface area contributed by atoms with Crippen LogP contribution in [0.3, 0.4) is 0 Å². The van der Waals surface area contributed by atoms with Crippen molar-refractivity contribution in [2.24, 2.45) is 11.8 Å². The zero-order valence-corrected chi connectivity index (χ0v) is 7.21. The van der Waals surface area contributed by atoms with Crippen LogP contribution in [0.15, 0.2) is 12.7 Å². The Morgan fingerprint density at radius 1 is 1.73 bits per heavy atom. The minimum absolute atomic E-state index is 0.123. The molecule has 0 rings (SSSR count). The fourth-order valence-corrected chi connectivity index (χ4v) is 1.02. The molecule has 0 aromatic carbocycles. The van der Waals surface area contributed by atoms with Crippen LogP contribution < -0.4 is 0 Å². The van der Waals surface area contributed by atoms with Crippen LogP contribution >= 0.6 is 0 Å². The summed E-state index contributed by atoms with van der Waals surface area (Å²) in [6.45, 7) is 7.73. The Balaban J connectivity index is 3.94. The molecule has 0 saturated carbocycles. The molecule has 2 heteroatoms. The number of hydrogen-bond donors (Lipinski definition) is 1. The first kappa shape index (κ1) is 10.2. The second kappa shape index (κ2) is 4.94. The molecule has 0 bridgehead atoms. The van der Waals surface area contributed by atoms with Gasteiger partial charge in [0.2, 0.25) is 0 Å². The second-order valence-electron chi connectivity index (χ2n) is 2.88. The number of carboxylic acid groups (broad SMARTS) is 1. The van der Waals surface area contributed by atoms with E-state index in [2.05, 4.69) is 20.4 Å². The van der Waals surface area contributed by atoms with Gasteiger partial charge in [0.25, 0.3) is 0 Å². The van der Waals surface area contributed by atoms with Gasteiger partial charge in [0.1, 0.15) is 0 Å². The summed E-state index contributed by atoms with van der Waals surface area (Å²) < 4.78 is 0. The molecular formula is C9H16O2. The zero-order valence-electron chi connectivity index (χ0n) is 7.21. The number of rotatable bonds is 5. The molecule has 0 fully saturated rings. The molecule has 0 aliphatic rings. The molecule has 1 N–H and O–H groups in total. The van der Waals surface area contributed by atoms with E-state index in [0.29, 0.717) is 5.92 Å². The average Bonchev–Trinajstić information content (AvgIpc) is 1.98. The molecule has 11 heavy (non-hydrogen) atoms. The standard InChI is InChI=1S/C9H16O2/c1-4-7(3)8(5-2)6-9(10)11/h5,7-8H,2,4,6H2,1,3H3,(H,10,11). The minimum Gasteiger partial charge on any atom is -0.481 e.